The molecule has 0 aromatic heterocycles. The lowest BCUT2D eigenvalue weighted by Crippen LogP contribution is -2.64. The molecule has 6 N–H and O–H groups in total. The quantitative estimate of drug-likeness (QED) is 0.271. The number of carbonyl (C=O) groups is 1. The summed E-state index contributed by atoms with van der Waals surface area (Å²) in [6, 6.07) is -0.932. The van der Waals surface area contributed by atoms with E-state index in [1.807, 2.05) is 0 Å². The van der Waals surface area contributed by atoms with Gasteiger partial charge in [0.1, 0.15) is 42.7 Å². The number of carboxylic acids is 1. The zero-order valence-corrected chi connectivity index (χ0v) is 13.9. The van der Waals surface area contributed by atoms with Crippen LogP contribution in [0, 0.1) is 0 Å². The number of hydrogen-bond donors (Lipinski definition) is 6. The summed E-state index contributed by atoms with van der Waals surface area (Å²) in [4.78, 5) is 15.3. The number of aliphatic carboxylic acids is 1. The topological polar surface area (TPSA) is 188 Å². The fourth-order valence-corrected chi connectivity index (χ4v) is 3.16. The van der Waals surface area contributed by atoms with Crippen LogP contribution in [0.25, 0.3) is 0 Å². The van der Waals surface area contributed by atoms with Crippen molar-refractivity contribution in [3.8, 4) is 0 Å². The van der Waals surface area contributed by atoms with Crippen LogP contribution in [0.2, 0.25) is 0 Å². The third-order valence-corrected chi connectivity index (χ3v) is 4.61. The lowest BCUT2D eigenvalue weighted by atomic mass is 9.96. The number of ether oxygens (including phenoxy) is 4. The second-order valence-electron chi connectivity index (χ2n) is 6.33. The minimum atomic E-state index is -1.88. The van der Waals surface area contributed by atoms with Crippen LogP contribution in [0.4, 0.5) is 0 Å². The smallest absolute Gasteiger partial charge is 0.335 e. The number of hydrogen-bond acceptors (Lipinski definition) is 11. The van der Waals surface area contributed by atoms with Crippen LogP contribution < -0.4 is 0 Å². The molecule has 0 radical (unpaired) electrons. The van der Waals surface area contributed by atoms with E-state index in [2.05, 4.69) is 11.6 Å². The van der Waals surface area contributed by atoms with Gasteiger partial charge < -0.3 is 49.6 Å². The van der Waals surface area contributed by atoms with E-state index < -0.39 is 73.9 Å². The molecule has 0 saturated carbocycles. The molecule has 3 aliphatic rings. The van der Waals surface area contributed by atoms with Crippen molar-refractivity contribution in [3.05, 3.63) is 12.7 Å². The van der Waals surface area contributed by atoms with Crippen LogP contribution in [0.1, 0.15) is 0 Å². The first-order valence-corrected chi connectivity index (χ1v) is 8.17. The van der Waals surface area contributed by atoms with Crippen molar-refractivity contribution in [2.45, 2.75) is 61.3 Å². The van der Waals surface area contributed by atoms with Gasteiger partial charge in [-0.25, -0.2) is 9.79 Å². The summed E-state index contributed by atoms with van der Waals surface area (Å²) in [7, 11) is 0. The van der Waals surface area contributed by atoms with Crippen LogP contribution in [0.3, 0.4) is 0 Å². The first-order chi connectivity index (χ1) is 12.8. The number of aliphatic imine (C=N–C) groups is 1. The summed E-state index contributed by atoms with van der Waals surface area (Å²) < 4.78 is 21.3. The van der Waals surface area contributed by atoms with E-state index in [1.54, 1.807) is 0 Å². The maximum absolute atomic E-state index is 11.2. The summed E-state index contributed by atoms with van der Waals surface area (Å²) >= 11 is 0. The number of nitrogens with zero attached hydrogens (tertiary/aromatic N) is 1. The molecular formula is C15H21NO11. The summed E-state index contributed by atoms with van der Waals surface area (Å²) in [5, 5.41) is 58.6. The Morgan fingerprint density at radius 2 is 1.85 bits per heavy atom. The molecule has 0 aromatic carbocycles. The minimum Gasteiger partial charge on any atom is -0.479 e. The summed E-state index contributed by atoms with van der Waals surface area (Å²) in [5.74, 6) is -1.47. The number of fused-ring (bicyclic) bond motifs is 1. The molecule has 12 heteroatoms. The normalized spacial score (nSPS) is 46.9. The first-order valence-electron chi connectivity index (χ1n) is 8.17. The average Bonchev–Trinajstić information content (AvgIpc) is 3.06. The molecule has 10 atom stereocenters. The van der Waals surface area contributed by atoms with Crippen molar-refractivity contribution < 1.29 is 54.4 Å². The maximum atomic E-state index is 11.2. The van der Waals surface area contributed by atoms with Gasteiger partial charge in [-0.3, -0.25) is 0 Å². The Labute approximate surface area is 152 Å². The molecular weight excluding hydrogens is 370 g/mol. The van der Waals surface area contributed by atoms with E-state index >= 15 is 0 Å². The number of aliphatic hydroxyl groups excluding tert-OH is 5. The van der Waals surface area contributed by atoms with Gasteiger partial charge in [0, 0.05) is 0 Å². The molecule has 12 nitrogen and oxygen atoms in total. The molecule has 2 saturated heterocycles. The average molecular weight is 391 g/mol. The Hall–Kier alpha value is -1.64. The van der Waals surface area contributed by atoms with Gasteiger partial charge in [0.15, 0.2) is 12.4 Å². The summed E-state index contributed by atoms with van der Waals surface area (Å²) in [6.07, 6.45) is -12.6. The second kappa shape index (κ2) is 7.77. The molecule has 152 valence electrons. The Bertz CT molecular complexity index is 613. The molecule has 3 aliphatic heterocycles. The highest BCUT2D eigenvalue weighted by molar-refractivity contribution is 5.88. The van der Waals surface area contributed by atoms with Crippen molar-refractivity contribution in [2.75, 3.05) is 6.61 Å². The van der Waals surface area contributed by atoms with E-state index in [1.165, 1.54) is 6.08 Å². The lowest BCUT2D eigenvalue weighted by molar-refractivity contribution is -0.331. The van der Waals surface area contributed by atoms with Crippen LogP contribution in [0.15, 0.2) is 17.6 Å². The Morgan fingerprint density at radius 1 is 1.15 bits per heavy atom. The molecule has 3 heterocycles. The van der Waals surface area contributed by atoms with E-state index in [0.717, 1.165) is 0 Å². The van der Waals surface area contributed by atoms with Crippen LogP contribution in [-0.2, 0) is 23.7 Å². The van der Waals surface area contributed by atoms with Gasteiger partial charge in [0.05, 0.1) is 6.61 Å². The maximum Gasteiger partial charge on any atom is 0.335 e. The minimum absolute atomic E-state index is 0.105. The molecule has 2 fully saturated rings. The molecule has 3 rings (SSSR count). The highest BCUT2D eigenvalue weighted by Crippen LogP contribution is 2.33. The summed E-state index contributed by atoms with van der Waals surface area (Å²) in [6.45, 7) is 2.93. The number of carboxylic acid groups (broad SMARTS) is 1. The predicted molar refractivity (Wildman–Crippen MR) is 83.4 cm³/mol. The van der Waals surface area contributed by atoms with Crippen LogP contribution in [-0.4, -0.2) is 110 Å². The van der Waals surface area contributed by atoms with E-state index in [-0.39, 0.29) is 5.90 Å². The van der Waals surface area contributed by atoms with Crippen molar-refractivity contribution in [1.29, 1.82) is 0 Å². The van der Waals surface area contributed by atoms with Gasteiger partial charge in [-0.2, -0.15) is 0 Å². The highest BCUT2D eigenvalue weighted by Gasteiger charge is 2.54. The van der Waals surface area contributed by atoms with Crippen LogP contribution in [0.5, 0.6) is 0 Å². The SMILES string of the molecule is C=CC1=N[C@H]2[C@@H](O1)O[C@H](CO)[C@@H](O)[C@@H]2O[C@@H]1O[C@H](C(=O)O)[C@@H](O)[C@H](O)[C@H]1O. The van der Waals surface area contributed by atoms with Gasteiger partial charge in [-0.05, 0) is 6.08 Å². The Morgan fingerprint density at radius 3 is 2.44 bits per heavy atom. The van der Waals surface area contributed by atoms with Crippen LogP contribution >= 0.6 is 0 Å². The molecule has 0 unspecified atom stereocenters. The number of aliphatic hydroxyl groups is 5. The first kappa shape index (κ1) is 20.1. The molecule has 0 aromatic rings. The van der Waals surface area contributed by atoms with Crippen molar-refractivity contribution in [3.63, 3.8) is 0 Å². The van der Waals surface area contributed by atoms with E-state index in [4.69, 9.17) is 24.1 Å². The van der Waals surface area contributed by atoms with Gasteiger partial charge in [0.2, 0.25) is 12.2 Å². The largest absolute Gasteiger partial charge is 0.479 e. The fraction of sp³-hybridized carbons (Fsp3) is 0.733. The summed E-state index contributed by atoms with van der Waals surface area (Å²) in [5.41, 5.74) is 0. The molecule has 0 amide bonds. The zero-order chi connectivity index (χ0) is 19.9. The fourth-order valence-electron chi connectivity index (χ4n) is 3.16. The predicted octanol–water partition coefficient (Wildman–Crippen LogP) is -3.67. The van der Waals surface area contributed by atoms with Crippen molar-refractivity contribution in [1.82, 2.24) is 0 Å². The Balaban J connectivity index is 1.83. The highest BCUT2D eigenvalue weighted by atomic mass is 16.7. The third-order valence-electron chi connectivity index (χ3n) is 4.61. The van der Waals surface area contributed by atoms with Crippen molar-refractivity contribution >= 4 is 11.9 Å². The van der Waals surface area contributed by atoms with Gasteiger partial charge in [-0.15, -0.1) is 0 Å². The monoisotopic (exact) mass is 391 g/mol. The standard InChI is InChI=1S/C15H21NO11/c1-2-5-16-6-11(7(18)4(3-17)24-14(6)25-5)26-15-10(21)8(19)9(20)12(27-15)13(22)23/h2,4,6-12,14-15,17-21H,1,3H2,(H,22,23)/t4-,6-,7-,8+,9+,10-,11-,12+,14-,15-/m1/s1. The lowest BCUT2D eigenvalue weighted by Gasteiger charge is -2.44. The molecule has 0 spiro atoms. The Kier molecular flexibility index (Phi) is 5.79. The van der Waals surface area contributed by atoms with E-state index in [9.17, 15) is 30.3 Å². The third kappa shape index (κ3) is 3.58. The van der Waals surface area contributed by atoms with Gasteiger partial charge in [-0.1, -0.05) is 6.58 Å². The van der Waals surface area contributed by atoms with Gasteiger partial charge in [0.25, 0.3) is 0 Å². The molecule has 0 aliphatic carbocycles. The van der Waals surface area contributed by atoms with Gasteiger partial charge >= 0.3 is 5.97 Å². The van der Waals surface area contributed by atoms with Crippen molar-refractivity contribution in [2.24, 2.45) is 4.99 Å². The van der Waals surface area contributed by atoms with E-state index in [0.29, 0.717) is 0 Å². The second-order valence-corrected chi connectivity index (χ2v) is 6.33. The molecule has 27 heavy (non-hydrogen) atoms. The molecule has 0 bridgehead atoms. The number of rotatable bonds is 5. The zero-order valence-electron chi connectivity index (χ0n) is 13.9.